The Morgan fingerprint density at radius 2 is 2.00 bits per heavy atom. The van der Waals surface area contributed by atoms with E-state index in [1.165, 1.54) is 24.6 Å². The monoisotopic (exact) mass is 248 g/mol. The molecule has 0 aliphatic heterocycles. The Kier molecular flexibility index (Phi) is 5.38. The Balaban J connectivity index is 2.83. The fourth-order valence-corrected chi connectivity index (χ4v) is 6.16. The van der Waals surface area contributed by atoms with Crippen LogP contribution in [0, 0.1) is 0 Å². The van der Waals surface area contributed by atoms with E-state index in [-0.39, 0.29) is 0 Å². The Labute approximate surface area is 108 Å². The van der Waals surface area contributed by atoms with Crippen LogP contribution in [-0.2, 0) is 0 Å². The van der Waals surface area contributed by atoms with Crippen LogP contribution >= 0.6 is 0 Å². The van der Waals surface area contributed by atoms with Gasteiger partial charge in [-0.1, -0.05) is 59.6 Å². The number of hydrogen-bond acceptors (Lipinski definition) is 1. The van der Waals surface area contributed by atoms with Crippen LogP contribution in [0.5, 0.6) is 0 Å². The maximum Gasteiger partial charge on any atom is 0.0636 e. The van der Waals surface area contributed by atoms with Crippen molar-refractivity contribution >= 4 is 8.80 Å². The van der Waals surface area contributed by atoms with Crippen molar-refractivity contribution < 1.29 is 0 Å². The van der Waals surface area contributed by atoms with E-state index in [9.17, 15) is 0 Å². The van der Waals surface area contributed by atoms with Crippen molar-refractivity contribution in [3.63, 3.8) is 0 Å². The molecule has 0 saturated heterocycles. The molecule has 0 aliphatic rings. The second kappa shape index (κ2) is 6.34. The number of aromatic nitrogens is 1. The van der Waals surface area contributed by atoms with Crippen molar-refractivity contribution in [2.45, 2.75) is 64.1 Å². The minimum absolute atomic E-state index is 0.415. The van der Waals surface area contributed by atoms with Gasteiger partial charge in [0, 0.05) is 11.9 Å². The van der Waals surface area contributed by atoms with Crippen LogP contribution in [0.2, 0.25) is 11.1 Å². The van der Waals surface area contributed by atoms with Gasteiger partial charge in [0.2, 0.25) is 0 Å². The van der Waals surface area contributed by atoms with Crippen LogP contribution in [0.3, 0.4) is 0 Å². The van der Waals surface area contributed by atoms with Crippen molar-refractivity contribution in [1.29, 1.82) is 0 Å². The quantitative estimate of drug-likeness (QED) is 0.681. The number of nitrogens with zero attached hydrogens (tertiary/aromatic N) is 1. The van der Waals surface area contributed by atoms with E-state index in [0.717, 1.165) is 0 Å². The molecule has 1 radical (unpaired) electrons. The average Bonchev–Trinajstić information content (AvgIpc) is 2.29. The van der Waals surface area contributed by atoms with Crippen LogP contribution in [0.15, 0.2) is 24.4 Å². The van der Waals surface area contributed by atoms with Gasteiger partial charge in [-0.2, -0.15) is 0 Å². The molecule has 0 saturated carbocycles. The van der Waals surface area contributed by atoms with Crippen molar-refractivity contribution in [3.05, 3.63) is 30.1 Å². The first-order valence-electron chi connectivity index (χ1n) is 6.74. The number of unbranched alkanes of at least 4 members (excludes halogenated alkanes) is 1. The molecule has 1 atom stereocenters. The van der Waals surface area contributed by atoms with Crippen molar-refractivity contribution in [2.75, 3.05) is 0 Å². The van der Waals surface area contributed by atoms with Gasteiger partial charge in [0.1, 0.15) is 0 Å². The van der Waals surface area contributed by atoms with Gasteiger partial charge in [0.25, 0.3) is 0 Å². The first kappa shape index (κ1) is 14.4. The molecule has 1 heterocycles. The fourth-order valence-electron chi connectivity index (χ4n) is 2.42. The summed E-state index contributed by atoms with van der Waals surface area (Å²) >= 11 is 0. The van der Waals surface area contributed by atoms with Gasteiger partial charge in [-0.3, -0.25) is 4.98 Å². The van der Waals surface area contributed by atoms with E-state index >= 15 is 0 Å². The predicted molar refractivity (Wildman–Crippen MR) is 77.8 cm³/mol. The summed E-state index contributed by atoms with van der Waals surface area (Å²) in [5, 5.41) is 0.455. The Morgan fingerprint density at radius 1 is 1.29 bits per heavy atom. The summed E-state index contributed by atoms with van der Waals surface area (Å²) < 4.78 is 0. The van der Waals surface area contributed by atoms with Crippen molar-refractivity contribution in [3.8, 4) is 0 Å². The van der Waals surface area contributed by atoms with Gasteiger partial charge in [0.15, 0.2) is 0 Å². The molecule has 95 valence electrons. The largest absolute Gasteiger partial charge is 0.261 e. The maximum absolute atomic E-state index is 4.55. The topological polar surface area (TPSA) is 12.9 Å². The van der Waals surface area contributed by atoms with Crippen LogP contribution in [0.1, 0.15) is 58.7 Å². The second-order valence-electron chi connectivity index (χ2n) is 5.86. The zero-order valence-electron chi connectivity index (χ0n) is 12.0. The molecule has 17 heavy (non-hydrogen) atoms. The minimum Gasteiger partial charge on any atom is -0.261 e. The lowest BCUT2D eigenvalue weighted by atomic mass is 10.2. The highest BCUT2D eigenvalue weighted by Crippen LogP contribution is 2.38. The van der Waals surface area contributed by atoms with E-state index in [1.807, 2.05) is 12.3 Å². The zero-order chi connectivity index (χ0) is 12.9. The standard InChI is InChI=1S/C15H26NSi/c1-6-7-12-17(15(3,4)5)13(2)14-10-8-9-11-16-14/h8-11,13H,6-7,12H2,1-5H3. The molecule has 2 heteroatoms. The first-order chi connectivity index (χ1) is 7.96. The highest BCUT2D eigenvalue weighted by Gasteiger charge is 2.32. The summed E-state index contributed by atoms with van der Waals surface area (Å²) in [6, 6.07) is 7.71. The minimum atomic E-state index is -0.415. The number of rotatable bonds is 5. The van der Waals surface area contributed by atoms with Gasteiger partial charge in [-0.25, -0.2) is 0 Å². The van der Waals surface area contributed by atoms with Gasteiger partial charge in [0.05, 0.1) is 8.80 Å². The van der Waals surface area contributed by atoms with Crippen LogP contribution < -0.4 is 0 Å². The normalized spacial score (nSPS) is 14.0. The number of hydrogen-bond donors (Lipinski definition) is 0. The Hall–Kier alpha value is -0.633. The molecule has 1 rings (SSSR count). The van der Waals surface area contributed by atoms with Crippen LogP contribution in [-0.4, -0.2) is 13.8 Å². The first-order valence-corrected chi connectivity index (χ1v) is 8.52. The predicted octanol–water partition coefficient (Wildman–Crippen LogP) is 4.82. The van der Waals surface area contributed by atoms with Gasteiger partial charge in [-0.05, 0) is 22.7 Å². The zero-order valence-corrected chi connectivity index (χ0v) is 13.0. The van der Waals surface area contributed by atoms with E-state index < -0.39 is 8.80 Å². The van der Waals surface area contributed by atoms with E-state index in [0.29, 0.717) is 10.6 Å². The van der Waals surface area contributed by atoms with Crippen LogP contribution in [0.25, 0.3) is 0 Å². The lowest BCUT2D eigenvalue weighted by Gasteiger charge is -2.33. The SMILES string of the molecule is CCCC[Si](C(C)c1ccccn1)C(C)(C)C. The summed E-state index contributed by atoms with van der Waals surface area (Å²) in [7, 11) is -0.415. The summed E-state index contributed by atoms with van der Waals surface area (Å²) in [4.78, 5) is 4.55. The number of pyridine rings is 1. The third-order valence-electron chi connectivity index (χ3n) is 3.42. The molecule has 0 bridgehead atoms. The van der Waals surface area contributed by atoms with Gasteiger partial charge < -0.3 is 0 Å². The molecule has 0 aromatic carbocycles. The summed E-state index contributed by atoms with van der Waals surface area (Å²) in [5.74, 6) is 0. The third-order valence-corrected chi connectivity index (χ3v) is 7.58. The fraction of sp³-hybridized carbons (Fsp3) is 0.667. The summed E-state index contributed by atoms with van der Waals surface area (Å²) in [6.07, 6.45) is 4.59. The molecule has 1 aromatic heterocycles. The Morgan fingerprint density at radius 3 is 2.47 bits per heavy atom. The van der Waals surface area contributed by atoms with E-state index in [2.05, 4.69) is 51.7 Å². The lowest BCUT2D eigenvalue weighted by Crippen LogP contribution is -2.32. The molecular formula is C15H26NSi. The average molecular weight is 248 g/mol. The highest BCUT2D eigenvalue weighted by atomic mass is 28.3. The lowest BCUT2D eigenvalue weighted by molar-refractivity contribution is 0.692. The van der Waals surface area contributed by atoms with Crippen molar-refractivity contribution in [2.24, 2.45) is 0 Å². The summed E-state index contributed by atoms with van der Waals surface area (Å²) in [6.45, 7) is 11.9. The van der Waals surface area contributed by atoms with Crippen LogP contribution in [0.4, 0.5) is 0 Å². The molecule has 1 unspecified atom stereocenters. The second-order valence-corrected chi connectivity index (χ2v) is 9.77. The third kappa shape index (κ3) is 4.27. The Bertz CT molecular complexity index is 315. The maximum atomic E-state index is 4.55. The van der Waals surface area contributed by atoms with Gasteiger partial charge in [-0.15, -0.1) is 0 Å². The summed E-state index contributed by atoms with van der Waals surface area (Å²) in [5.41, 5.74) is 1.93. The molecule has 1 aromatic rings. The van der Waals surface area contributed by atoms with E-state index in [4.69, 9.17) is 0 Å². The molecule has 0 aliphatic carbocycles. The molecule has 0 amide bonds. The molecule has 0 spiro atoms. The van der Waals surface area contributed by atoms with Crippen molar-refractivity contribution in [1.82, 2.24) is 4.98 Å². The molecule has 0 fully saturated rings. The molecular weight excluding hydrogens is 222 g/mol. The molecule has 1 nitrogen and oxygen atoms in total. The molecule has 0 N–H and O–H groups in total. The van der Waals surface area contributed by atoms with Gasteiger partial charge >= 0.3 is 0 Å². The van der Waals surface area contributed by atoms with E-state index in [1.54, 1.807) is 0 Å². The highest BCUT2D eigenvalue weighted by molar-refractivity contribution is 6.63. The smallest absolute Gasteiger partial charge is 0.0636 e.